The lowest BCUT2D eigenvalue weighted by atomic mass is 9.95. The number of nitrogens with zero attached hydrogens (tertiary/aromatic N) is 2. The molecular formula is C14H16N2O2. The third-order valence-electron chi connectivity index (χ3n) is 3.43. The minimum absolute atomic E-state index is 0.173. The molecule has 0 saturated heterocycles. The predicted molar refractivity (Wildman–Crippen MR) is 68.8 cm³/mol. The lowest BCUT2D eigenvalue weighted by Gasteiger charge is -2.34. The zero-order valence-electron chi connectivity index (χ0n) is 10.4. The zero-order valence-corrected chi connectivity index (χ0v) is 10.4. The third kappa shape index (κ3) is 2.04. The first kappa shape index (κ1) is 12.4. The van der Waals surface area contributed by atoms with Gasteiger partial charge in [-0.3, -0.25) is 0 Å². The molecule has 0 radical (unpaired) electrons. The van der Waals surface area contributed by atoms with E-state index in [1.54, 1.807) is 12.1 Å². The van der Waals surface area contributed by atoms with E-state index in [9.17, 15) is 15.2 Å². The van der Waals surface area contributed by atoms with Crippen molar-refractivity contribution >= 4 is 11.7 Å². The first-order valence-electron chi connectivity index (χ1n) is 6.20. The number of carboxylic acid groups (broad SMARTS) is 1. The van der Waals surface area contributed by atoms with E-state index in [1.165, 1.54) is 0 Å². The van der Waals surface area contributed by atoms with Crippen LogP contribution in [0.2, 0.25) is 0 Å². The van der Waals surface area contributed by atoms with Gasteiger partial charge in [0.1, 0.15) is 6.04 Å². The Morgan fingerprint density at radius 2 is 2.39 bits per heavy atom. The van der Waals surface area contributed by atoms with Crippen molar-refractivity contribution in [3.05, 3.63) is 29.3 Å². The molecule has 4 nitrogen and oxygen atoms in total. The fraction of sp³-hybridized carbons (Fsp3) is 0.429. The van der Waals surface area contributed by atoms with Gasteiger partial charge in [-0.1, -0.05) is 13.0 Å². The fourth-order valence-electron chi connectivity index (χ4n) is 2.56. The fourth-order valence-corrected chi connectivity index (χ4v) is 2.56. The van der Waals surface area contributed by atoms with Gasteiger partial charge in [0.2, 0.25) is 0 Å². The lowest BCUT2D eigenvalue weighted by Crippen LogP contribution is -2.38. The SMILES string of the molecule is CCC(C#N)N1CCCc2c(C(=O)O)cccc21. The summed E-state index contributed by atoms with van der Waals surface area (Å²) in [5.41, 5.74) is 2.14. The van der Waals surface area contributed by atoms with Crippen molar-refractivity contribution in [1.82, 2.24) is 0 Å². The minimum Gasteiger partial charge on any atom is -0.478 e. The van der Waals surface area contributed by atoms with E-state index in [0.717, 1.165) is 37.1 Å². The number of carboxylic acids is 1. The van der Waals surface area contributed by atoms with E-state index in [4.69, 9.17) is 0 Å². The van der Waals surface area contributed by atoms with Gasteiger partial charge in [-0.2, -0.15) is 5.26 Å². The monoisotopic (exact) mass is 244 g/mol. The van der Waals surface area contributed by atoms with Gasteiger partial charge in [0.05, 0.1) is 11.6 Å². The van der Waals surface area contributed by atoms with E-state index in [-0.39, 0.29) is 6.04 Å². The predicted octanol–water partition coefficient (Wildman–Crippen LogP) is 2.44. The van der Waals surface area contributed by atoms with Gasteiger partial charge in [0, 0.05) is 12.2 Å². The van der Waals surface area contributed by atoms with Crippen molar-refractivity contribution in [2.45, 2.75) is 32.2 Å². The molecule has 1 aromatic rings. The molecule has 94 valence electrons. The highest BCUT2D eigenvalue weighted by Gasteiger charge is 2.25. The maximum atomic E-state index is 11.2. The average molecular weight is 244 g/mol. The number of benzene rings is 1. The average Bonchev–Trinajstić information content (AvgIpc) is 2.39. The second kappa shape index (κ2) is 5.09. The molecule has 1 N–H and O–H groups in total. The van der Waals surface area contributed by atoms with Gasteiger partial charge >= 0.3 is 5.97 Å². The Labute approximate surface area is 106 Å². The summed E-state index contributed by atoms with van der Waals surface area (Å²) in [5, 5.41) is 18.4. The summed E-state index contributed by atoms with van der Waals surface area (Å²) in [7, 11) is 0. The summed E-state index contributed by atoms with van der Waals surface area (Å²) in [4.78, 5) is 13.2. The molecule has 0 spiro atoms. The standard InChI is InChI=1S/C14H16N2O2/c1-2-10(9-15)16-8-4-6-11-12(14(17)18)5-3-7-13(11)16/h3,5,7,10H,2,4,6,8H2,1H3,(H,17,18). The first-order valence-corrected chi connectivity index (χ1v) is 6.20. The van der Waals surface area contributed by atoms with Crippen LogP contribution >= 0.6 is 0 Å². The number of hydrogen-bond acceptors (Lipinski definition) is 3. The third-order valence-corrected chi connectivity index (χ3v) is 3.43. The molecule has 0 fully saturated rings. The van der Waals surface area contributed by atoms with Gasteiger partial charge in [0.15, 0.2) is 0 Å². The van der Waals surface area contributed by atoms with Crippen LogP contribution in [0.15, 0.2) is 18.2 Å². The second-order valence-electron chi connectivity index (χ2n) is 4.46. The Morgan fingerprint density at radius 1 is 1.61 bits per heavy atom. The number of anilines is 1. The summed E-state index contributed by atoms with van der Waals surface area (Å²) in [6.45, 7) is 2.80. The first-order chi connectivity index (χ1) is 8.69. The van der Waals surface area contributed by atoms with Crippen LogP contribution < -0.4 is 4.90 Å². The van der Waals surface area contributed by atoms with Crippen LogP contribution in [-0.4, -0.2) is 23.7 Å². The zero-order chi connectivity index (χ0) is 13.1. The molecule has 1 aliphatic rings. The molecule has 0 aliphatic carbocycles. The van der Waals surface area contributed by atoms with Crippen molar-refractivity contribution in [3.8, 4) is 6.07 Å². The van der Waals surface area contributed by atoms with Crippen molar-refractivity contribution in [2.24, 2.45) is 0 Å². The minimum atomic E-state index is -0.890. The van der Waals surface area contributed by atoms with Crippen molar-refractivity contribution in [1.29, 1.82) is 5.26 Å². The van der Waals surface area contributed by atoms with Gasteiger partial charge in [-0.05, 0) is 37.0 Å². The smallest absolute Gasteiger partial charge is 0.336 e. The summed E-state index contributed by atoms with van der Waals surface area (Å²) < 4.78 is 0. The van der Waals surface area contributed by atoms with Crippen molar-refractivity contribution < 1.29 is 9.90 Å². The van der Waals surface area contributed by atoms with E-state index in [2.05, 4.69) is 6.07 Å². The summed E-state index contributed by atoms with van der Waals surface area (Å²) in [6, 6.07) is 7.43. The Bertz CT molecular complexity index is 505. The van der Waals surface area contributed by atoms with Gasteiger partial charge in [-0.25, -0.2) is 4.79 Å². The summed E-state index contributed by atoms with van der Waals surface area (Å²) >= 11 is 0. The Hall–Kier alpha value is -2.02. The number of hydrogen-bond donors (Lipinski definition) is 1. The van der Waals surface area contributed by atoms with Crippen LogP contribution in [-0.2, 0) is 6.42 Å². The molecule has 0 bridgehead atoms. The Kier molecular flexibility index (Phi) is 3.52. The van der Waals surface area contributed by atoms with Crippen molar-refractivity contribution in [3.63, 3.8) is 0 Å². The number of nitriles is 1. The molecule has 1 aliphatic heterocycles. The van der Waals surface area contributed by atoms with Gasteiger partial charge in [0.25, 0.3) is 0 Å². The van der Waals surface area contributed by atoms with Crippen LogP contribution in [0.3, 0.4) is 0 Å². The molecule has 0 aromatic heterocycles. The van der Waals surface area contributed by atoms with Gasteiger partial charge < -0.3 is 10.0 Å². The highest BCUT2D eigenvalue weighted by Crippen LogP contribution is 2.31. The molecule has 1 unspecified atom stereocenters. The quantitative estimate of drug-likeness (QED) is 0.887. The van der Waals surface area contributed by atoms with Crippen LogP contribution in [0.4, 0.5) is 5.69 Å². The summed E-state index contributed by atoms with van der Waals surface area (Å²) in [5.74, 6) is -0.890. The van der Waals surface area contributed by atoms with E-state index in [0.29, 0.717) is 5.56 Å². The number of rotatable bonds is 3. The highest BCUT2D eigenvalue weighted by atomic mass is 16.4. The van der Waals surface area contributed by atoms with Crippen LogP contribution in [0.25, 0.3) is 0 Å². The normalized spacial score (nSPS) is 15.7. The summed E-state index contributed by atoms with van der Waals surface area (Å²) in [6.07, 6.45) is 2.42. The van der Waals surface area contributed by atoms with E-state index < -0.39 is 5.97 Å². The van der Waals surface area contributed by atoms with Crippen LogP contribution in [0.5, 0.6) is 0 Å². The Morgan fingerprint density at radius 3 is 3.00 bits per heavy atom. The topological polar surface area (TPSA) is 64.3 Å². The molecule has 0 saturated carbocycles. The molecular weight excluding hydrogens is 228 g/mol. The number of carbonyl (C=O) groups is 1. The second-order valence-corrected chi connectivity index (χ2v) is 4.46. The van der Waals surface area contributed by atoms with Crippen molar-refractivity contribution in [2.75, 3.05) is 11.4 Å². The number of fused-ring (bicyclic) bond motifs is 1. The van der Waals surface area contributed by atoms with Gasteiger partial charge in [-0.15, -0.1) is 0 Å². The molecule has 1 heterocycles. The van der Waals surface area contributed by atoms with Crippen LogP contribution in [0.1, 0.15) is 35.7 Å². The maximum Gasteiger partial charge on any atom is 0.336 e. The molecule has 1 aromatic carbocycles. The highest BCUT2D eigenvalue weighted by molar-refractivity contribution is 5.91. The molecule has 18 heavy (non-hydrogen) atoms. The Balaban J connectivity index is 2.48. The molecule has 1 atom stereocenters. The van der Waals surface area contributed by atoms with E-state index >= 15 is 0 Å². The van der Waals surface area contributed by atoms with Crippen LogP contribution in [0, 0.1) is 11.3 Å². The molecule has 2 rings (SSSR count). The largest absolute Gasteiger partial charge is 0.478 e. The maximum absolute atomic E-state index is 11.2. The van der Waals surface area contributed by atoms with E-state index in [1.807, 2.05) is 17.9 Å². The molecule has 4 heteroatoms. The number of aromatic carboxylic acids is 1. The lowest BCUT2D eigenvalue weighted by molar-refractivity contribution is 0.0695. The molecule has 0 amide bonds.